The molecule has 0 aromatic rings. The van der Waals surface area contributed by atoms with E-state index < -0.39 is 0 Å². The molecule has 1 aliphatic rings. The van der Waals surface area contributed by atoms with Crippen molar-refractivity contribution in [2.45, 2.75) is 34.1 Å². The molecule has 68 valence electrons. The lowest BCUT2D eigenvalue weighted by atomic mass is 9.93. The Labute approximate surface area is 74.3 Å². The Balaban J connectivity index is 2.76. The normalized spacial score (nSPS) is 24.2. The van der Waals surface area contributed by atoms with E-state index in [9.17, 15) is 0 Å². The molecule has 1 atom stereocenters. The van der Waals surface area contributed by atoms with Crippen LogP contribution in [0.4, 0.5) is 0 Å². The summed E-state index contributed by atoms with van der Waals surface area (Å²) in [6.07, 6.45) is 3.15. The van der Waals surface area contributed by atoms with E-state index in [4.69, 9.17) is 4.84 Å². The summed E-state index contributed by atoms with van der Waals surface area (Å²) in [5, 5.41) is 4.13. The van der Waals surface area contributed by atoms with Gasteiger partial charge in [0, 0.05) is 5.92 Å². The molecule has 0 amide bonds. The molecule has 1 heterocycles. The topological polar surface area (TPSA) is 21.6 Å². The Bertz CT molecular complexity index is 216. The van der Waals surface area contributed by atoms with Crippen LogP contribution in [0.5, 0.6) is 0 Å². The summed E-state index contributed by atoms with van der Waals surface area (Å²) in [7, 11) is 0. The van der Waals surface area contributed by atoms with Crippen molar-refractivity contribution in [3.63, 3.8) is 0 Å². The summed E-state index contributed by atoms with van der Waals surface area (Å²) in [5.74, 6) is 1.92. The monoisotopic (exact) mass is 167 g/mol. The van der Waals surface area contributed by atoms with E-state index in [2.05, 4.69) is 32.0 Å². The third-order valence-corrected chi connectivity index (χ3v) is 2.15. The third-order valence-electron chi connectivity index (χ3n) is 2.15. The summed E-state index contributed by atoms with van der Waals surface area (Å²) in [6, 6.07) is 0. The molecule has 0 aliphatic carbocycles. The van der Waals surface area contributed by atoms with E-state index in [1.54, 1.807) is 0 Å². The second kappa shape index (κ2) is 3.74. The molecule has 1 unspecified atom stereocenters. The standard InChI is InChI=1S/C10H17NO/c1-7(2)10-8(3)5-6-9(4)12-11-10/h6-8H,5H2,1-4H3. The number of nitrogens with zero attached hydrogens (tertiary/aromatic N) is 1. The third kappa shape index (κ3) is 2.10. The van der Waals surface area contributed by atoms with Crippen LogP contribution in [0.2, 0.25) is 0 Å². The summed E-state index contributed by atoms with van der Waals surface area (Å²) < 4.78 is 0. The van der Waals surface area contributed by atoms with Crippen LogP contribution in [0.1, 0.15) is 34.1 Å². The van der Waals surface area contributed by atoms with Crippen molar-refractivity contribution in [1.29, 1.82) is 0 Å². The maximum atomic E-state index is 5.20. The Hall–Kier alpha value is -0.790. The van der Waals surface area contributed by atoms with Gasteiger partial charge in [-0.3, -0.25) is 0 Å². The predicted molar refractivity (Wildman–Crippen MR) is 50.9 cm³/mol. The molecule has 0 aromatic heterocycles. The van der Waals surface area contributed by atoms with Crippen LogP contribution in [-0.4, -0.2) is 5.71 Å². The van der Waals surface area contributed by atoms with E-state index in [0.717, 1.165) is 12.2 Å². The van der Waals surface area contributed by atoms with E-state index in [1.807, 2.05) is 6.92 Å². The number of allylic oxidation sites excluding steroid dienone is 2. The van der Waals surface area contributed by atoms with Crippen LogP contribution in [0.3, 0.4) is 0 Å². The maximum Gasteiger partial charge on any atom is 0.128 e. The molecule has 0 saturated carbocycles. The zero-order chi connectivity index (χ0) is 9.14. The highest BCUT2D eigenvalue weighted by Crippen LogP contribution is 2.18. The van der Waals surface area contributed by atoms with Gasteiger partial charge in [0.1, 0.15) is 5.76 Å². The van der Waals surface area contributed by atoms with E-state index in [1.165, 1.54) is 5.71 Å². The molecule has 2 heteroatoms. The minimum atomic E-state index is 0.485. The fourth-order valence-corrected chi connectivity index (χ4v) is 1.39. The van der Waals surface area contributed by atoms with Crippen molar-refractivity contribution in [1.82, 2.24) is 0 Å². The fraction of sp³-hybridized carbons (Fsp3) is 0.700. The van der Waals surface area contributed by atoms with Gasteiger partial charge in [0.2, 0.25) is 0 Å². The molecule has 0 bridgehead atoms. The molecular formula is C10H17NO. The van der Waals surface area contributed by atoms with E-state index in [0.29, 0.717) is 11.8 Å². The number of hydrogen-bond acceptors (Lipinski definition) is 2. The van der Waals surface area contributed by atoms with Gasteiger partial charge in [-0.2, -0.15) is 0 Å². The molecule has 0 radical (unpaired) electrons. The number of oxime groups is 1. The van der Waals surface area contributed by atoms with Crippen molar-refractivity contribution < 1.29 is 4.84 Å². The molecule has 1 rings (SSSR count). The van der Waals surface area contributed by atoms with Crippen LogP contribution < -0.4 is 0 Å². The SMILES string of the molecule is CC1=CCC(C)C(C(C)C)=NO1. The summed E-state index contributed by atoms with van der Waals surface area (Å²) in [4.78, 5) is 5.20. The maximum absolute atomic E-state index is 5.20. The smallest absolute Gasteiger partial charge is 0.128 e. The first kappa shape index (κ1) is 9.30. The molecule has 0 spiro atoms. The van der Waals surface area contributed by atoms with Crippen molar-refractivity contribution in [3.8, 4) is 0 Å². The highest BCUT2D eigenvalue weighted by atomic mass is 16.6. The van der Waals surface area contributed by atoms with E-state index >= 15 is 0 Å². The zero-order valence-electron chi connectivity index (χ0n) is 8.29. The highest BCUT2D eigenvalue weighted by Gasteiger charge is 2.16. The first-order valence-electron chi connectivity index (χ1n) is 4.52. The molecule has 1 aliphatic heterocycles. The van der Waals surface area contributed by atoms with Crippen molar-refractivity contribution in [2.75, 3.05) is 0 Å². The van der Waals surface area contributed by atoms with Crippen LogP contribution in [0, 0.1) is 11.8 Å². The average Bonchev–Trinajstić information content (AvgIpc) is 2.14. The molecule has 0 fully saturated rings. The zero-order valence-corrected chi connectivity index (χ0v) is 8.29. The molecule has 2 nitrogen and oxygen atoms in total. The lowest BCUT2D eigenvalue weighted by Gasteiger charge is -2.12. The van der Waals surface area contributed by atoms with Crippen LogP contribution in [0.15, 0.2) is 17.0 Å². The van der Waals surface area contributed by atoms with Crippen molar-refractivity contribution >= 4 is 5.71 Å². The highest BCUT2D eigenvalue weighted by molar-refractivity contribution is 5.88. The van der Waals surface area contributed by atoms with Gasteiger partial charge >= 0.3 is 0 Å². The van der Waals surface area contributed by atoms with Gasteiger partial charge in [0.05, 0.1) is 5.71 Å². The Morgan fingerprint density at radius 3 is 2.83 bits per heavy atom. The molecule has 0 aromatic carbocycles. The molecule has 0 N–H and O–H groups in total. The number of rotatable bonds is 1. The van der Waals surface area contributed by atoms with Crippen LogP contribution in [0.25, 0.3) is 0 Å². The van der Waals surface area contributed by atoms with Crippen LogP contribution >= 0.6 is 0 Å². The van der Waals surface area contributed by atoms with Crippen molar-refractivity contribution in [2.24, 2.45) is 17.0 Å². The van der Waals surface area contributed by atoms with Gasteiger partial charge in [-0.1, -0.05) is 25.9 Å². The van der Waals surface area contributed by atoms with Gasteiger partial charge in [-0.05, 0) is 25.3 Å². The Morgan fingerprint density at radius 1 is 1.58 bits per heavy atom. The summed E-state index contributed by atoms with van der Waals surface area (Å²) in [5.41, 5.74) is 1.17. The van der Waals surface area contributed by atoms with Gasteiger partial charge in [-0.25, -0.2) is 0 Å². The fourth-order valence-electron chi connectivity index (χ4n) is 1.39. The molecular weight excluding hydrogens is 150 g/mol. The Kier molecular flexibility index (Phi) is 2.90. The Morgan fingerprint density at radius 2 is 2.25 bits per heavy atom. The lowest BCUT2D eigenvalue weighted by Crippen LogP contribution is -2.16. The minimum Gasteiger partial charge on any atom is -0.362 e. The molecule has 0 saturated heterocycles. The largest absolute Gasteiger partial charge is 0.362 e. The lowest BCUT2D eigenvalue weighted by molar-refractivity contribution is 0.228. The second-order valence-electron chi connectivity index (χ2n) is 3.71. The second-order valence-corrected chi connectivity index (χ2v) is 3.71. The molecule has 12 heavy (non-hydrogen) atoms. The average molecular weight is 167 g/mol. The van der Waals surface area contributed by atoms with Gasteiger partial charge in [0.15, 0.2) is 0 Å². The summed E-state index contributed by atoms with van der Waals surface area (Å²) in [6.45, 7) is 8.44. The first-order valence-corrected chi connectivity index (χ1v) is 4.52. The van der Waals surface area contributed by atoms with Gasteiger partial charge in [-0.15, -0.1) is 0 Å². The van der Waals surface area contributed by atoms with E-state index in [-0.39, 0.29) is 0 Å². The van der Waals surface area contributed by atoms with Crippen LogP contribution in [-0.2, 0) is 4.84 Å². The first-order chi connectivity index (χ1) is 5.61. The van der Waals surface area contributed by atoms with Gasteiger partial charge < -0.3 is 4.84 Å². The predicted octanol–water partition coefficient (Wildman–Crippen LogP) is 2.96. The number of hydrogen-bond donors (Lipinski definition) is 0. The quantitative estimate of drug-likeness (QED) is 0.588. The van der Waals surface area contributed by atoms with Gasteiger partial charge in [0.25, 0.3) is 0 Å². The summed E-state index contributed by atoms with van der Waals surface area (Å²) >= 11 is 0. The van der Waals surface area contributed by atoms with Crippen molar-refractivity contribution in [3.05, 3.63) is 11.8 Å². The minimum absolute atomic E-state index is 0.485.